The van der Waals surface area contributed by atoms with E-state index in [0.29, 0.717) is 19.6 Å². The topological polar surface area (TPSA) is 78.4 Å². The highest BCUT2D eigenvalue weighted by Crippen LogP contribution is 2.35. The lowest BCUT2D eigenvalue weighted by atomic mass is 9.90. The largest absolute Gasteiger partial charge is 0.392 e. The van der Waals surface area contributed by atoms with Gasteiger partial charge in [-0.3, -0.25) is 19.7 Å². The van der Waals surface area contributed by atoms with Gasteiger partial charge >= 0.3 is 0 Å². The number of hydrogen-bond acceptors (Lipinski definition) is 5. The fourth-order valence-electron chi connectivity index (χ4n) is 5.86. The van der Waals surface area contributed by atoms with Crippen LogP contribution in [0.1, 0.15) is 82.1 Å². The molecule has 0 saturated carbocycles. The van der Waals surface area contributed by atoms with Crippen LogP contribution in [0.5, 0.6) is 0 Å². The number of rotatable bonds is 10. The van der Waals surface area contributed by atoms with E-state index >= 15 is 0 Å². The third-order valence-electron chi connectivity index (χ3n) is 8.26. The van der Waals surface area contributed by atoms with Crippen LogP contribution in [0, 0.1) is 13.8 Å². The molecule has 41 heavy (non-hydrogen) atoms. The summed E-state index contributed by atoms with van der Waals surface area (Å²) in [6.45, 7) is 7.84. The molecule has 0 fully saturated rings. The van der Waals surface area contributed by atoms with Gasteiger partial charge in [-0.2, -0.15) is 0 Å². The maximum absolute atomic E-state index is 12.8. The first-order valence-corrected chi connectivity index (χ1v) is 14.6. The second-order valence-corrected chi connectivity index (χ2v) is 11.2. The zero-order valence-electron chi connectivity index (χ0n) is 24.3. The Kier molecular flexibility index (Phi) is 9.22. The van der Waals surface area contributed by atoms with E-state index in [1.165, 1.54) is 11.1 Å². The minimum absolute atomic E-state index is 0.0126. The number of aryl methyl sites for hydroxylation is 3. The highest BCUT2D eigenvalue weighted by Gasteiger charge is 2.28. The molecule has 6 heteroatoms. The van der Waals surface area contributed by atoms with Crippen LogP contribution in [0.4, 0.5) is 0 Å². The number of pyridine rings is 2. The maximum atomic E-state index is 12.8. The van der Waals surface area contributed by atoms with E-state index in [0.717, 1.165) is 58.5 Å². The molecule has 6 nitrogen and oxygen atoms in total. The van der Waals surface area contributed by atoms with Gasteiger partial charge < -0.3 is 10.4 Å². The van der Waals surface area contributed by atoms with Gasteiger partial charge in [0.15, 0.2) is 0 Å². The number of aliphatic hydroxyl groups excluding tert-OH is 1. The van der Waals surface area contributed by atoms with E-state index in [1.807, 2.05) is 61.8 Å². The van der Waals surface area contributed by atoms with E-state index in [4.69, 9.17) is 9.97 Å². The van der Waals surface area contributed by atoms with Crippen LogP contribution in [0.3, 0.4) is 0 Å². The molecule has 0 saturated heterocycles. The number of amides is 1. The first kappa shape index (κ1) is 28.7. The summed E-state index contributed by atoms with van der Waals surface area (Å²) in [6, 6.07) is 22.6. The first-order valence-electron chi connectivity index (χ1n) is 14.6. The Labute approximate surface area is 243 Å². The number of fused-ring (bicyclic) bond motifs is 1. The van der Waals surface area contributed by atoms with Crippen molar-refractivity contribution in [2.24, 2.45) is 0 Å². The van der Waals surface area contributed by atoms with Gasteiger partial charge in [0.2, 0.25) is 5.91 Å². The molecular formula is C35H40N4O2. The predicted octanol–water partition coefficient (Wildman–Crippen LogP) is 6.09. The lowest BCUT2D eigenvalue weighted by molar-refractivity contribution is -0.122. The third-order valence-corrected chi connectivity index (χ3v) is 8.26. The zero-order chi connectivity index (χ0) is 28.8. The van der Waals surface area contributed by atoms with Crippen molar-refractivity contribution in [3.8, 4) is 0 Å². The van der Waals surface area contributed by atoms with Crippen molar-refractivity contribution in [1.29, 1.82) is 0 Å². The summed E-state index contributed by atoms with van der Waals surface area (Å²) in [5.74, 6) is -0.242. The smallest absolute Gasteiger partial charge is 0.227 e. The average molecular weight is 549 g/mol. The molecule has 2 atom stereocenters. The number of carbonyl (C=O) groups is 1. The molecule has 2 N–H and O–H groups in total. The normalized spacial score (nSPS) is 15.4. The van der Waals surface area contributed by atoms with Crippen LogP contribution in [-0.4, -0.2) is 25.9 Å². The SMILES string of the molecule is Cc1cnc(CN(Cc2ccc(CNC(=O)C(C)c3ccccc3)cc2CO)[C@H]2CCCc3cccnc32)c(C)c1. The summed E-state index contributed by atoms with van der Waals surface area (Å²) in [4.78, 5) is 24.9. The number of carbonyl (C=O) groups excluding carboxylic acids is 1. The fraction of sp³-hybridized carbons (Fsp3) is 0.343. The van der Waals surface area contributed by atoms with E-state index in [-0.39, 0.29) is 24.5 Å². The number of aliphatic hydroxyl groups is 1. The van der Waals surface area contributed by atoms with Crippen molar-refractivity contribution in [3.63, 3.8) is 0 Å². The molecule has 2 aromatic carbocycles. The summed E-state index contributed by atoms with van der Waals surface area (Å²) < 4.78 is 0. The Hall–Kier alpha value is -3.87. The molecular weight excluding hydrogens is 508 g/mol. The molecule has 1 aliphatic rings. The van der Waals surface area contributed by atoms with Gasteiger partial charge in [-0.25, -0.2) is 0 Å². The van der Waals surface area contributed by atoms with E-state index in [1.54, 1.807) is 0 Å². The highest BCUT2D eigenvalue weighted by atomic mass is 16.3. The Bertz CT molecular complexity index is 1490. The van der Waals surface area contributed by atoms with Crippen molar-refractivity contribution < 1.29 is 9.90 Å². The van der Waals surface area contributed by atoms with Gasteiger partial charge in [0.05, 0.1) is 30.0 Å². The average Bonchev–Trinajstić information content (AvgIpc) is 3.01. The third kappa shape index (κ3) is 6.89. The van der Waals surface area contributed by atoms with E-state index in [2.05, 4.69) is 48.3 Å². The second kappa shape index (κ2) is 13.2. The first-order chi connectivity index (χ1) is 19.9. The van der Waals surface area contributed by atoms with Crippen molar-refractivity contribution >= 4 is 5.91 Å². The Morgan fingerprint density at radius 1 is 1.02 bits per heavy atom. The summed E-state index contributed by atoms with van der Waals surface area (Å²) in [6.07, 6.45) is 7.04. The Morgan fingerprint density at radius 3 is 2.63 bits per heavy atom. The summed E-state index contributed by atoms with van der Waals surface area (Å²) in [7, 11) is 0. The van der Waals surface area contributed by atoms with Gasteiger partial charge in [-0.1, -0.05) is 60.7 Å². The number of nitrogens with one attached hydrogen (secondary N) is 1. The highest BCUT2D eigenvalue weighted by molar-refractivity contribution is 5.83. The second-order valence-electron chi connectivity index (χ2n) is 11.2. The van der Waals surface area contributed by atoms with Crippen LogP contribution in [0.25, 0.3) is 0 Å². The van der Waals surface area contributed by atoms with Crippen LogP contribution >= 0.6 is 0 Å². The standard InChI is InChI=1S/C35H40N4O2/c1-24-17-25(2)32(37-19-24)22-39(33-13-7-11-29-12-8-16-36-34(29)33)21-30-15-14-27(18-31(30)23-40)20-38-35(41)26(3)28-9-5-4-6-10-28/h4-6,8-10,12,14-19,26,33,40H,7,11,13,20-23H2,1-3H3,(H,38,41)/t26?,33-/m0/s1. The molecule has 1 aliphatic carbocycles. The zero-order valence-corrected chi connectivity index (χ0v) is 24.3. The van der Waals surface area contributed by atoms with Crippen LogP contribution in [0.2, 0.25) is 0 Å². The van der Waals surface area contributed by atoms with Crippen molar-refractivity contribution in [3.05, 3.63) is 129 Å². The lowest BCUT2D eigenvalue weighted by Crippen LogP contribution is -2.32. The number of benzene rings is 2. The predicted molar refractivity (Wildman–Crippen MR) is 162 cm³/mol. The quantitative estimate of drug-likeness (QED) is 0.251. The molecule has 2 heterocycles. The molecule has 1 amide bonds. The van der Waals surface area contributed by atoms with Gasteiger partial charge in [0.1, 0.15) is 0 Å². The van der Waals surface area contributed by atoms with Crippen molar-refractivity contribution in [1.82, 2.24) is 20.2 Å². The van der Waals surface area contributed by atoms with Gasteiger partial charge in [0.25, 0.3) is 0 Å². The number of aromatic nitrogens is 2. The number of nitrogens with zero attached hydrogens (tertiary/aromatic N) is 3. The van der Waals surface area contributed by atoms with Gasteiger partial charge in [-0.15, -0.1) is 0 Å². The van der Waals surface area contributed by atoms with Crippen LogP contribution in [-0.2, 0) is 37.5 Å². The molecule has 0 spiro atoms. The monoisotopic (exact) mass is 548 g/mol. The molecule has 2 aromatic heterocycles. The minimum Gasteiger partial charge on any atom is -0.392 e. The minimum atomic E-state index is -0.229. The molecule has 4 aromatic rings. The van der Waals surface area contributed by atoms with Crippen molar-refractivity contribution in [2.75, 3.05) is 0 Å². The van der Waals surface area contributed by atoms with Gasteiger partial charge in [-0.05, 0) is 85.0 Å². The molecule has 0 radical (unpaired) electrons. The lowest BCUT2D eigenvalue weighted by Gasteiger charge is -2.35. The molecule has 5 rings (SSSR count). The molecule has 1 unspecified atom stereocenters. The van der Waals surface area contributed by atoms with Gasteiger partial charge in [0, 0.05) is 32.0 Å². The summed E-state index contributed by atoms with van der Waals surface area (Å²) in [5, 5.41) is 13.4. The Morgan fingerprint density at radius 2 is 1.85 bits per heavy atom. The van der Waals surface area contributed by atoms with Crippen molar-refractivity contribution in [2.45, 2.75) is 78.2 Å². The number of hydrogen-bond donors (Lipinski definition) is 2. The van der Waals surface area contributed by atoms with Crippen LogP contribution in [0.15, 0.2) is 79.1 Å². The fourth-order valence-corrected chi connectivity index (χ4v) is 5.86. The van der Waals surface area contributed by atoms with E-state index in [9.17, 15) is 9.90 Å². The molecule has 0 aliphatic heterocycles. The maximum Gasteiger partial charge on any atom is 0.227 e. The van der Waals surface area contributed by atoms with E-state index < -0.39 is 0 Å². The van der Waals surface area contributed by atoms with Crippen LogP contribution < -0.4 is 5.32 Å². The molecule has 0 bridgehead atoms. The molecule has 212 valence electrons. The summed E-state index contributed by atoms with van der Waals surface area (Å²) >= 11 is 0. The Balaban J connectivity index is 1.36. The summed E-state index contributed by atoms with van der Waals surface area (Å²) in [5.41, 5.74) is 9.80.